The topological polar surface area (TPSA) is 47.6 Å². The third kappa shape index (κ3) is 4.74. The highest BCUT2D eigenvalue weighted by Gasteiger charge is 2.23. The Bertz CT molecular complexity index is 450. The summed E-state index contributed by atoms with van der Waals surface area (Å²) in [6.45, 7) is 7.69. The van der Waals surface area contributed by atoms with Crippen LogP contribution in [0.15, 0.2) is 24.3 Å². The zero-order chi connectivity index (χ0) is 15.2. The van der Waals surface area contributed by atoms with Crippen LogP contribution in [-0.2, 0) is 4.74 Å². The fourth-order valence-corrected chi connectivity index (χ4v) is 2.35. The summed E-state index contributed by atoms with van der Waals surface area (Å²) in [4.78, 5) is 12.2. The molecule has 1 heterocycles. The van der Waals surface area contributed by atoms with Crippen molar-refractivity contribution in [3.63, 3.8) is 0 Å². The van der Waals surface area contributed by atoms with Crippen molar-refractivity contribution in [1.82, 2.24) is 5.32 Å². The molecule has 0 spiro atoms. The van der Waals surface area contributed by atoms with Gasteiger partial charge in [0.05, 0.1) is 18.8 Å². The lowest BCUT2D eigenvalue weighted by molar-refractivity contribution is 0.0712. The SMILES string of the molecule is CC(C)COc1ccc(C(=O)NC(C)C2CCCO2)cc1. The molecule has 1 aliphatic heterocycles. The van der Waals surface area contributed by atoms with Crippen molar-refractivity contribution in [1.29, 1.82) is 0 Å². The average molecular weight is 291 g/mol. The minimum atomic E-state index is -0.0617. The van der Waals surface area contributed by atoms with Crippen molar-refractivity contribution in [2.45, 2.75) is 45.8 Å². The lowest BCUT2D eigenvalue weighted by atomic mass is 10.1. The van der Waals surface area contributed by atoms with Crippen molar-refractivity contribution in [3.8, 4) is 5.75 Å². The van der Waals surface area contributed by atoms with Crippen LogP contribution in [0.2, 0.25) is 0 Å². The Morgan fingerprint density at radius 2 is 2.05 bits per heavy atom. The molecule has 1 aromatic carbocycles. The minimum absolute atomic E-state index is 0.0388. The standard InChI is InChI=1S/C17H25NO3/c1-12(2)11-21-15-8-6-14(7-9-15)17(19)18-13(3)16-5-4-10-20-16/h6-9,12-13,16H,4-5,10-11H2,1-3H3,(H,18,19). The largest absolute Gasteiger partial charge is 0.493 e. The Morgan fingerprint density at radius 1 is 1.33 bits per heavy atom. The minimum Gasteiger partial charge on any atom is -0.493 e. The van der Waals surface area contributed by atoms with Gasteiger partial charge in [-0.2, -0.15) is 0 Å². The summed E-state index contributed by atoms with van der Waals surface area (Å²) < 4.78 is 11.2. The molecule has 0 radical (unpaired) electrons. The van der Waals surface area contributed by atoms with E-state index >= 15 is 0 Å². The van der Waals surface area contributed by atoms with Crippen LogP contribution in [-0.4, -0.2) is 31.3 Å². The molecule has 1 aliphatic rings. The Kier molecular flexibility index (Phi) is 5.62. The van der Waals surface area contributed by atoms with Crippen LogP contribution in [0.25, 0.3) is 0 Å². The molecule has 0 aliphatic carbocycles. The van der Waals surface area contributed by atoms with E-state index in [0.717, 1.165) is 25.2 Å². The fourth-order valence-electron chi connectivity index (χ4n) is 2.35. The van der Waals surface area contributed by atoms with E-state index in [1.165, 1.54) is 0 Å². The highest BCUT2D eigenvalue weighted by atomic mass is 16.5. The highest BCUT2D eigenvalue weighted by molar-refractivity contribution is 5.94. The number of benzene rings is 1. The van der Waals surface area contributed by atoms with E-state index in [1.807, 2.05) is 19.1 Å². The molecule has 0 bridgehead atoms. The van der Waals surface area contributed by atoms with Gasteiger partial charge in [0.1, 0.15) is 5.75 Å². The van der Waals surface area contributed by atoms with Crippen molar-refractivity contribution in [3.05, 3.63) is 29.8 Å². The van der Waals surface area contributed by atoms with E-state index in [4.69, 9.17) is 9.47 Å². The maximum Gasteiger partial charge on any atom is 0.251 e. The van der Waals surface area contributed by atoms with E-state index in [9.17, 15) is 4.79 Å². The molecule has 2 atom stereocenters. The number of ether oxygens (including phenoxy) is 2. The Hall–Kier alpha value is -1.55. The maximum atomic E-state index is 12.2. The second-order valence-electron chi connectivity index (χ2n) is 6.04. The van der Waals surface area contributed by atoms with Gasteiger partial charge in [0, 0.05) is 12.2 Å². The average Bonchev–Trinajstić information content (AvgIpc) is 3.00. The summed E-state index contributed by atoms with van der Waals surface area (Å²) in [5, 5.41) is 3.00. The van der Waals surface area contributed by atoms with Crippen LogP contribution in [0.4, 0.5) is 0 Å². The quantitative estimate of drug-likeness (QED) is 0.876. The second-order valence-corrected chi connectivity index (χ2v) is 6.04. The number of hydrogen-bond acceptors (Lipinski definition) is 3. The van der Waals surface area contributed by atoms with Crippen LogP contribution in [0, 0.1) is 5.92 Å². The number of carbonyl (C=O) groups excluding carboxylic acids is 1. The number of rotatable bonds is 6. The van der Waals surface area contributed by atoms with Gasteiger partial charge in [0.25, 0.3) is 5.91 Å². The third-order valence-corrected chi connectivity index (χ3v) is 3.58. The molecule has 21 heavy (non-hydrogen) atoms. The molecule has 2 rings (SSSR count). The van der Waals surface area contributed by atoms with E-state index in [2.05, 4.69) is 19.2 Å². The van der Waals surface area contributed by atoms with E-state index in [-0.39, 0.29) is 18.1 Å². The first-order valence-electron chi connectivity index (χ1n) is 7.71. The van der Waals surface area contributed by atoms with Gasteiger partial charge in [0.15, 0.2) is 0 Å². The summed E-state index contributed by atoms with van der Waals surface area (Å²) in [7, 11) is 0. The van der Waals surface area contributed by atoms with Crippen LogP contribution in [0.5, 0.6) is 5.75 Å². The zero-order valence-electron chi connectivity index (χ0n) is 13.1. The molecule has 1 fully saturated rings. The number of carbonyl (C=O) groups is 1. The Labute approximate surface area is 126 Å². The number of hydrogen-bond donors (Lipinski definition) is 1. The van der Waals surface area contributed by atoms with Gasteiger partial charge >= 0.3 is 0 Å². The van der Waals surface area contributed by atoms with E-state index in [0.29, 0.717) is 18.1 Å². The number of amides is 1. The molecule has 1 aromatic rings. The number of nitrogens with one attached hydrogen (secondary N) is 1. The summed E-state index contributed by atoms with van der Waals surface area (Å²) in [6.07, 6.45) is 2.23. The summed E-state index contributed by atoms with van der Waals surface area (Å²) in [6, 6.07) is 7.32. The van der Waals surface area contributed by atoms with Crippen molar-refractivity contribution < 1.29 is 14.3 Å². The van der Waals surface area contributed by atoms with Crippen molar-refractivity contribution in [2.75, 3.05) is 13.2 Å². The first-order valence-corrected chi connectivity index (χ1v) is 7.71. The van der Waals surface area contributed by atoms with Gasteiger partial charge in [-0.05, 0) is 49.9 Å². The predicted octanol–water partition coefficient (Wildman–Crippen LogP) is 3.02. The van der Waals surface area contributed by atoms with Crippen LogP contribution in [0.1, 0.15) is 44.0 Å². The van der Waals surface area contributed by atoms with Crippen molar-refractivity contribution >= 4 is 5.91 Å². The van der Waals surface area contributed by atoms with Crippen LogP contribution in [0.3, 0.4) is 0 Å². The summed E-state index contributed by atoms with van der Waals surface area (Å²) >= 11 is 0. The first kappa shape index (κ1) is 15.8. The van der Waals surface area contributed by atoms with Gasteiger partial charge in [-0.15, -0.1) is 0 Å². The Morgan fingerprint density at radius 3 is 2.62 bits per heavy atom. The molecule has 0 aromatic heterocycles. The summed E-state index contributed by atoms with van der Waals surface area (Å²) in [5.41, 5.74) is 0.650. The van der Waals surface area contributed by atoms with Crippen molar-refractivity contribution in [2.24, 2.45) is 5.92 Å². The Balaban J connectivity index is 1.87. The lowest BCUT2D eigenvalue weighted by Gasteiger charge is -2.20. The fraction of sp³-hybridized carbons (Fsp3) is 0.588. The molecule has 1 N–H and O–H groups in total. The lowest BCUT2D eigenvalue weighted by Crippen LogP contribution is -2.40. The second kappa shape index (κ2) is 7.46. The van der Waals surface area contributed by atoms with E-state index < -0.39 is 0 Å². The maximum absolute atomic E-state index is 12.2. The third-order valence-electron chi connectivity index (χ3n) is 3.58. The molecular formula is C17H25NO3. The van der Waals surface area contributed by atoms with Gasteiger partial charge in [0.2, 0.25) is 0 Å². The molecule has 4 heteroatoms. The monoisotopic (exact) mass is 291 g/mol. The molecule has 4 nitrogen and oxygen atoms in total. The molecule has 1 saturated heterocycles. The first-order chi connectivity index (χ1) is 10.1. The molecule has 0 saturated carbocycles. The van der Waals surface area contributed by atoms with E-state index in [1.54, 1.807) is 12.1 Å². The smallest absolute Gasteiger partial charge is 0.251 e. The van der Waals surface area contributed by atoms with Gasteiger partial charge < -0.3 is 14.8 Å². The van der Waals surface area contributed by atoms with Gasteiger partial charge in [-0.1, -0.05) is 13.8 Å². The molecule has 116 valence electrons. The molecule has 2 unspecified atom stereocenters. The molecular weight excluding hydrogens is 266 g/mol. The summed E-state index contributed by atoms with van der Waals surface area (Å²) in [5.74, 6) is 1.22. The van der Waals surface area contributed by atoms with Crippen LogP contribution < -0.4 is 10.1 Å². The highest BCUT2D eigenvalue weighted by Crippen LogP contribution is 2.17. The zero-order valence-corrected chi connectivity index (χ0v) is 13.1. The predicted molar refractivity (Wildman–Crippen MR) is 82.7 cm³/mol. The molecule has 1 amide bonds. The van der Waals surface area contributed by atoms with Gasteiger partial charge in [-0.3, -0.25) is 4.79 Å². The normalized spacial score (nSPS) is 19.5. The van der Waals surface area contributed by atoms with Crippen LogP contribution >= 0.6 is 0 Å². The van der Waals surface area contributed by atoms with Gasteiger partial charge in [-0.25, -0.2) is 0 Å².